The topological polar surface area (TPSA) is 64.4 Å². The summed E-state index contributed by atoms with van der Waals surface area (Å²) >= 11 is 1.27. The van der Waals surface area contributed by atoms with Crippen LogP contribution in [-0.2, 0) is 17.8 Å². The maximum Gasteiger partial charge on any atom is 0.266 e. The molecule has 3 aromatic carbocycles. The van der Waals surface area contributed by atoms with Gasteiger partial charge in [0.15, 0.2) is 5.16 Å². The van der Waals surface area contributed by atoms with Crippen LogP contribution in [0.4, 0.5) is 0 Å². The summed E-state index contributed by atoms with van der Waals surface area (Å²) in [6.07, 6.45) is 0.918. The molecule has 0 bridgehead atoms. The first-order valence-corrected chi connectivity index (χ1v) is 12.1. The second-order valence-electron chi connectivity index (χ2n) is 7.96. The van der Waals surface area contributed by atoms with Crippen LogP contribution >= 0.6 is 11.8 Å². The van der Waals surface area contributed by atoms with Crippen LogP contribution in [0.25, 0.3) is 16.6 Å². The minimum atomic E-state index is -0.144. The third-order valence-electron chi connectivity index (χ3n) is 5.65. The maximum absolute atomic E-state index is 13.4. The van der Waals surface area contributed by atoms with Gasteiger partial charge in [0, 0.05) is 13.6 Å². The minimum Gasteiger partial charge on any atom is -0.497 e. The highest BCUT2D eigenvalue weighted by Crippen LogP contribution is 2.22. The van der Waals surface area contributed by atoms with E-state index in [9.17, 15) is 9.59 Å². The van der Waals surface area contributed by atoms with E-state index in [2.05, 4.69) is 6.92 Å². The molecular weight excluding hydrogens is 446 g/mol. The molecular formula is C27H27N3O3S. The molecule has 174 valence electrons. The van der Waals surface area contributed by atoms with E-state index in [1.165, 1.54) is 17.3 Å². The number of benzene rings is 3. The van der Waals surface area contributed by atoms with Crippen LogP contribution in [0, 0.1) is 0 Å². The Bertz CT molecular complexity index is 1370. The number of methoxy groups -OCH3 is 1. The summed E-state index contributed by atoms with van der Waals surface area (Å²) in [6, 6.07) is 22.8. The van der Waals surface area contributed by atoms with Crippen LogP contribution < -0.4 is 10.3 Å². The van der Waals surface area contributed by atoms with Gasteiger partial charge < -0.3 is 9.64 Å². The van der Waals surface area contributed by atoms with Gasteiger partial charge >= 0.3 is 0 Å². The predicted molar refractivity (Wildman–Crippen MR) is 137 cm³/mol. The SMILES string of the molecule is CCc1ccc(-n2c(SCC(=O)N(C)Cc3cccc(OC)c3)nc3ccccc3c2=O)cc1. The van der Waals surface area contributed by atoms with E-state index < -0.39 is 0 Å². The van der Waals surface area contributed by atoms with Crippen LogP contribution in [0.2, 0.25) is 0 Å². The van der Waals surface area contributed by atoms with Crippen molar-refractivity contribution in [2.75, 3.05) is 19.9 Å². The molecule has 1 amide bonds. The molecule has 0 aliphatic heterocycles. The number of ether oxygens (including phenoxy) is 1. The second kappa shape index (κ2) is 10.6. The Kier molecular flexibility index (Phi) is 7.33. The van der Waals surface area contributed by atoms with Gasteiger partial charge in [0.1, 0.15) is 5.75 Å². The number of rotatable bonds is 8. The third kappa shape index (κ3) is 5.15. The number of carbonyl (C=O) groups is 1. The fraction of sp³-hybridized carbons (Fsp3) is 0.222. The quantitative estimate of drug-likeness (QED) is 0.274. The standard InChI is InChI=1S/C27H27N3O3S/c1-4-19-12-14-21(15-13-19)30-26(32)23-10-5-6-11-24(23)28-27(30)34-18-25(31)29(2)17-20-8-7-9-22(16-20)33-3/h5-16H,4,17-18H2,1-3H3. The molecule has 0 N–H and O–H groups in total. The number of thioether (sulfide) groups is 1. The van der Waals surface area contributed by atoms with Crippen LogP contribution in [0.1, 0.15) is 18.1 Å². The van der Waals surface area contributed by atoms with Crippen molar-refractivity contribution in [2.24, 2.45) is 0 Å². The molecule has 0 saturated carbocycles. The van der Waals surface area contributed by atoms with Crippen molar-refractivity contribution in [3.8, 4) is 11.4 Å². The van der Waals surface area contributed by atoms with Crippen LogP contribution in [-0.4, -0.2) is 40.3 Å². The number of hydrogen-bond donors (Lipinski definition) is 0. The van der Waals surface area contributed by atoms with Crippen molar-refractivity contribution in [1.29, 1.82) is 0 Å². The zero-order valence-corrected chi connectivity index (χ0v) is 20.3. The molecule has 1 heterocycles. The monoisotopic (exact) mass is 473 g/mol. The third-order valence-corrected chi connectivity index (χ3v) is 6.58. The predicted octanol–water partition coefficient (Wildman–Crippen LogP) is 4.71. The lowest BCUT2D eigenvalue weighted by molar-refractivity contribution is -0.127. The average Bonchev–Trinajstić information content (AvgIpc) is 2.87. The van der Waals surface area contributed by atoms with Crippen molar-refractivity contribution in [1.82, 2.24) is 14.5 Å². The summed E-state index contributed by atoms with van der Waals surface area (Å²) in [4.78, 5) is 32.7. The summed E-state index contributed by atoms with van der Waals surface area (Å²) in [5, 5.41) is 1.05. The normalized spacial score (nSPS) is 10.9. The summed E-state index contributed by atoms with van der Waals surface area (Å²) in [5.74, 6) is 0.868. The van der Waals surface area contributed by atoms with E-state index in [1.54, 1.807) is 29.7 Å². The molecule has 7 heteroatoms. The van der Waals surface area contributed by atoms with E-state index in [-0.39, 0.29) is 17.2 Å². The molecule has 0 atom stereocenters. The summed E-state index contributed by atoms with van der Waals surface area (Å²) in [5.41, 5.74) is 3.38. The zero-order chi connectivity index (χ0) is 24.1. The lowest BCUT2D eigenvalue weighted by atomic mass is 10.1. The number of para-hydroxylation sites is 1. The molecule has 4 rings (SSSR count). The van der Waals surface area contributed by atoms with Crippen LogP contribution in [0.3, 0.4) is 0 Å². The smallest absolute Gasteiger partial charge is 0.266 e. The van der Waals surface area contributed by atoms with Gasteiger partial charge in [0.05, 0.1) is 29.5 Å². The molecule has 0 radical (unpaired) electrons. The van der Waals surface area contributed by atoms with Gasteiger partial charge in [-0.05, 0) is 53.9 Å². The molecule has 1 aromatic heterocycles. The first-order valence-electron chi connectivity index (χ1n) is 11.1. The molecule has 0 aliphatic carbocycles. The lowest BCUT2D eigenvalue weighted by Crippen LogP contribution is -2.28. The first kappa shape index (κ1) is 23.6. The van der Waals surface area contributed by atoms with Gasteiger partial charge in [-0.15, -0.1) is 0 Å². The Morgan fingerprint density at radius 1 is 1.03 bits per heavy atom. The molecule has 0 aliphatic rings. The van der Waals surface area contributed by atoms with Gasteiger partial charge in [0.25, 0.3) is 5.56 Å². The van der Waals surface area contributed by atoms with E-state index in [4.69, 9.17) is 9.72 Å². The molecule has 4 aromatic rings. The number of aryl methyl sites for hydroxylation is 1. The molecule has 0 spiro atoms. The van der Waals surface area contributed by atoms with Crippen molar-refractivity contribution >= 4 is 28.6 Å². The Morgan fingerprint density at radius 3 is 2.53 bits per heavy atom. The zero-order valence-electron chi connectivity index (χ0n) is 19.5. The van der Waals surface area contributed by atoms with Gasteiger partial charge in [-0.3, -0.25) is 14.2 Å². The van der Waals surface area contributed by atoms with E-state index >= 15 is 0 Å². The number of carbonyl (C=O) groups excluding carboxylic acids is 1. The number of fused-ring (bicyclic) bond motifs is 1. The van der Waals surface area contributed by atoms with Gasteiger partial charge in [0.2, 0.25) is 5.91 Å². The fourth-order valence-corrected chi connectivity index (χ4v) is 4.64. The summed E-state index contributed by atoms with van der Waals surface area (Å²) < 4.78 is 6.87. The Morgan fingerprint density at radius 2 is 1.79 bits per heavy atom. The van der Waals surface area contributed by atoms with Crippen molar-refractivity contribution < 1.29 is 9.53 Å². The van der Waals surface area contributed by atoms with E-state index in [1.807, 2.05) is 66.7 Å². The number of hydrogen-bond acceptors (Lipinski definition) is 5. The molecule has 6 nitrogen and oxygen atoms in total. The average molecular weight is 474 g/mol. The van der Waals surface area contributed by atoms with Crippen molar-refractivity contribution in [3.63, 3.8) is 0 Å². The van der Waals surface area contributed by atoms with Gasteiger partial charge in [-0.25, -0.2) is 4.98 Å². The number of aromatic nitrogens is 2. The van der Waals surface area contributed by atoms with Crippen LogP contribution in [0.5, 0.6) is 5.75 Å². The largest absolute Gasteiger partial charge is 0.497 e. The first-order chi connectivity index (χ1) is 16.5. The highest BCUT2D eigenvalue weighted by molar-refractivity contribution is 7.99. The maximum atomic E-state index is 13.4. The molecule has 0 fully saturated rings. The highest BCUT2D eigenvalue weighted by Gasteiger charge is 2.17. The highest BCUT2D eigenvalue weighted by atomic mass is 32.2. The van der Waals surface area contributed by atoms with Crippen LogP contribution in [0.15, 0.2) is 82.7 Å². The fourth-order valence-electron chi connectivity index (χ4n) is 3.69. The van der Waals surface area contributed by atoms with Gasteiger partial charge in [-0.2, -0.15) is 0 Å². The summed E-state index contributed by atoms with van der Waals surface area (Å²) in [6.45, 7) is 2.56. The minimum absolute atomic E-state index is 0.0527. The Labute approximate surface area is 203 Å². The molecule has 34 heavy (non-hydrogen) atoms. The number of nitrogens with zero attached hydrogens (tertiary/aromatic N) is 3. The molecule has 0 saturated heterocycles. The van der Waals surface area contributed by atoms with Crippen molar-refractivity contribution in [2.45, 2.75) is 25.0 Å². The lowest BCUT2D eigenvalue weighted by Gasteiger charge is -2.18. The Hall–Kier alpha value is -3.58. The van der Waals surface area contributed by atoms with Crippen molar-refractivity contribution in [3.05, 3.63) is 94.3 Å². The van der Waals surface area contributed by atoms with E-state index in [0.717, 1.165) is 23.4 Å². The number of amides is 1. The summed E-state index contributed by atoms with van der Waals surface area (Å²) in [7, 11) is 3.39. The second-order valence-corrected chi connectivity index (χ2v) is 8.90. The van der Waals surface area contributed by atoms with E-state index in [0.29, 0.717) is 22.6 Å². The van der Waals surface area contributed by atoms with Gasteiger partial charge in [-0.1, -0.05) is 55.1 Å². The molecule has 0 unspecified atom stereocenters. The Balaban J connectivity index is 1.60.